The Morgan fingerprint density at radius 1 is 0.604 bits per heavy atom. The van der Waals surface area contributed by atoms with Crippen molar-refractivity contribution in [1.29, 1.82) is 0 Å². The van der Waals surface area contributed by atoms with E-state index in [9.17, 15) is 20.2 Å². The molecule has 0 aliphatic rings. The summed E-state index contributed by atoms with van der Waals surface area (Å²) >= 11 is 24.8. The van der Waals surface area contributed by atoms with Crippen LogP contribution in [0.4, 0.5) is 0 Å². The molecule has 0 bridgehead atoms. The Morgan fingerprint density at radius 3 is 1.36 bits per heavy atom. The molecule has 2 heterocycles. The molecule has 0 unspecified atom stereocenters. The fourth-order valence-corrected chi connectivity index (χ4v) is 6.27. The van der Waals surface area contributed by atoms with Crippen LogP contribution < -0.4 is 20.9 Å². The summed E-state index contributed by atoms with van der Waals surface area (Å²) < 4.78 is 10.7. The molecule has 0 atom stereocenters. The molecule has 2 aromatic heterocycles. The number of nitrogens with two attached hydrogens (primary N) is 2. The largest absolute Gasteiger partial charge is 0.508 e. The van der Waals surface area contributed by atoms with Crippen molar-refractivity contribution < 1.29 is 29.7 Å². The van der Waals surface area contributed by atoms with Crippen LogP contribution in [0.1, 0.15) is 15.9 Å². The second-order valence-electron chi connectivity index (χ2n) is 11.1. The molecule has 0 aliphatic carbocycles. The average molecular weight is 793 g/mol. The van der Waals surface area contributed by atoms with Gasteiger partial charge in [-0.15, -0.1) is 0 Å². The summed E-state index contributed by atoms with van der Waals surface area (Å²) in [5.74, 6) is 0.0718. The summed E-state index contributed by atoms with van der Waals surface area (Å²) in [4.78, 5) is 20.5. The number of carbonyl (C=O) groups is 1. The highest BCUT2D eigenvalue weighted by Gasteiger charge is 2.23. The van der Waals surface area contributed by atoms with Crippen molar-refractivity contribution in [3.8, 4) is 67.8 Å². The number of phenols is 2. The molecule has 6 aromatic rings. The first kappa shape index (κ1) is 38.5. The van der Waals surface area contributed by atoms with Crippen molar-refractivity contribution in [2.24, 2.45) is 16.6 Å². The number of ether oxygens (including phenoxy) is 2. The van der Waals surface area contributed by atoms with Gasteiger partial charge in [0.15, 0.2) is 5.84 Å². The van der Waals surface area contributed by atoms with Crippen LogP contribution in [0.2, 0.25) is 20.1 Å². The predicted octanol–water partition coefficient (Wildman–Crippen LogP) is 9.07. The summed E-state index contributed by atoms with van der Waals surface area (Å²) in [6, 6.07) is 22.9. The highest BCUT2D eigenvalue weighted by molar-refractivity contribution is 6.33. The van der Waals surface area contributed by atoms with E-state index in [0.717, 1.165) is 11.1 Å². The molecule has 0 radical (unpaired) electrons. The highest BCUT2D eigenvalue weighted by Crippen LogP contribution is 2.43. The number of aromatic nitrogens is 2. The number of hydrogen-bond donors (Lipinski definition) is 5. The Hall–Kier alpha value is -5.72. The first-order valence-electron chi connectivity index (χ1n) is 15.3. The van der Waals surface area contributed by atoms with Crippen LogP contribution in [0.15, 0.2) is 102 Å². The smallest absolute Gasteiger partial charge is 0.249 e. The number of phenolic OH excluding ortho intramolecular Hbond substituents is 2. The maximum absolute atomic E-state index is 12.1. The van der Waals surface area contributed by atoms with Gasteiger partial charge in [-0.2, -0.15) is 0 Å². The molecule has 0 spiro atoms. The van der Waals surface area contributed by atoms with Crippen molar-refractivity contribution >= 4 is 58.1 Å². The number of nitrogens with zero attached hydrogens (tertiary/aromatic N) is 3. The van der Waals surface area contributed by atoms with Gasteiger partial charge >= 0.3 is 0 Å². The molecule has 0 aliphatic heterocycles. The van der Waals surface area contributed by atoms with Crippen molar-refractivity contribution in [3.05, 3.63) is 129 Å². The van der Waals surface area contributed by atoms with Crippen LogP contribution in [0.5, 0.6) is 23.3 Å². The first-order chi connectivity index (χ1) is 25.3. The van der Waals surface area contributed by atoms with Crippen LogP contribution in [0, 0.1) is 0 Å². The maximum Gasteiger partial charge on any atom is 0.249 e. The van der Waals surface area contributed by atoms with Gasteiger partial charge in [-0.3, -0.25) is 4.79 Å². The van der Waals surface area contributed by atoms with Crippen molar-refractivity contribution in [1.82, 2.24) is 9.97 Å². The first-order valence-corrected chi connectivity index (χ1v) is 16.8. The van der Waals surface area contributed by atoms with E-state index in [0.29, 0.717) is 70.8 Å². The number of benzene rings is 4. The monoisotopic (exact) mass is 791 g/mol. The zero-order valence-electron chi connectivity index (χ0n) is 27.8. The topological polar surface area (TPSA) is 186 Å². The summed E-state index contributed by atoms with van der Waals surface area (Å²) in [7, 11) is 2.96. The molecule has 6 rings (SSSR count). The molecule has 53 heavy (non-hydrogen) atoms. The number of oxime groups is 1. The number of pyridine rings is 2. The number of rotatable bonds is 8. The molecular formula is C38H29Cl4N5O6. The van der Waals surface area contributed by atoms with E-state index in [-0.39, 0.29) is 22.9 Å². The number of methoxy groups -OCH3 is 2. The van der Waals surface area contributed by atoms with E-state index >= 15 is 0 Å². The minimum absolute atomic E-state index is 0.120. The normalized spacial score (nSPS) is 11.0. The van der Waals surface area contributed by atoms with Gasteiger partial charge in [0.1, 0.15) is 11.5 Å². The maximum atomic E-state index is 12.1. The molecule has 0 saturated heterocycles. The van der Waals surface area contributed by atoms with Gasteiger partial charge in [0.25, 0.3) is 0 Å². The number of carbonyl (C=O) groups excluding carboxylic acids is 1. The van der Waals surface area contributed by atoms with Crippen molar-refractivity contribution in [2.45, 2.75) is 0 Å². The molecule has 15 heteroatoms. The summed E-state index contributed by atoms with van der Waals surface area (Å²) in [6.45, 7) is 0. The summed E-state index contributed by atoms with van der Waals surface area (Å²) in [5, 5.41) is 33.0. The fraction of sp³-hybridized carbons (Fsp3) is 0.0526. The Kier molecular flexibility index (Phi) is 12.2. The van der Waals surface area contributed by atoms with E-state index in [1.807, 2.05) is 0 Å². The van der Waals surface area contributed by atoms with Gasteiger partial charge in [0, 0.05) is 55.8 Å². The lowest BCUT2D eigenvalue weighted by Crippen LogP contribution is -2.15. The van der Waals surface area contributed by atoms with E-state index in [1.165, 1.54) is 44.8 Å². The van der Waals surface area contributed by atoms with Crippen LogP contribution in [-0.2, 0) is 0 Å². The third kappa shape index (κ3) is 8.67. The van der Waals surface area contributed by atoms with Crippen LogP contribution in [0.3, 0.4) is 0 Å². The minimum atomic E-state index is -0.649. The van der Waals surface area contributed by atoms with E-state index in [4.69, 9.17) is 67.3 Å². The number of amides is 1. The number of primary amides is 1. The molecule has 7 N–H and O–H groups in total. The van der Waals surface area contributed by atoms with E-state index in [2.05, 4.69) is 15.1 Å². The number of halogens is 4. The zero-order chi connectivity index (χ0) is 38.4. The summed E-state index contributed by atoms with van der Waals surface area (Å²) in [6.07, 6.45) is 2.91. The highest BCUT2D eigenvalue weighted by atomic mass is 35.5. The quantitative estimate of drug-likeness (QED) is 0.0434. The molecule has 4 aromatic carbocycles. The van der Waals surface area contributed by atoms with Gasteiger partial charge in [-0.05, 0) is 82.9 Å². The van der Waals surface area contributed by atoms with E-state index in [1.54, 1.807) is 66.7 Å². The van der Waals surface area contributed by atoms with Gasteiger partial charge in [0.2, 0.25) is 17.7 Å². The Labute approximate surface area is 323 Å². The molecule has 0 saturated carbocycles. The standard InChI is InChI=1S/C19H15Cl2N3O3.C19H14Cl2N2O3/c1-27-19-16(8-12(21)9-23-19)17-14(10-2-4-13(25)5-3-10)6-11(20)7-15(17)18(22)24-26;1-26-19-16(8-12(21)9-23-19)17-14(10-2-4-13(24)5-3-10)6-11(20)7-15(17)18(22)25/h2-9,25-26H,1H3,(H2,22,24);2-9,24H,1H3,(H2,22,25). The SMILES string of the molecule is COc1ncc(Cl)cc1-c1c(C(N)=NO)cc(Cl)cc1-c1ccc(O)cc1.COc1ncc(Cl)cc1-c1c(C(N)=O)cc(Cl)cc1-c1ccc(O)cc1. The van der Waals surface area contributed by atoms with Gasteiger partial charge in [-0.25, -0.2) is 9.97 Å². The van der Waals surface area contributed by atoms with Gasteiger partial charge in [0.05, 0.1) is 24.3 Å². The Morgan fingerprint density at radius 2 is 0.981 bits per heavy atom. The van der Waals surface area contributed by atoms with Gasteiger partial charge in [-0.1, -0.05) is 75.8 Å². The minimum Gasteiger partial charge on any atom is -0.508 e. The van der Waals surface area contributed by atoms with Crippen LogP contribution >= 0.6 is 46.4 Å². The zero-order valence-corrected chi connectivity index (χ0v) is 30.8. The second kappa shape index (κ2) is 16.7. The van der Waals surface area contributed by atoms with Crippen LogP contribution in [-0.4, -0.2) is 51.4 Å². The molecule has 1 amide bonds. The lowest BCUT2D eigenvalue weighted by molar-refractivity contribution is 0.100. The average Bonchev–Trinajstić information content (AvgIpc) is 3.14. The second-order valence-corrected chi connectivity index (χ2v) is 12.9. The Balaban J connectivity index is 0.000000204. The van der Waals surface area contributed by atoms with Crippen LogP contribution in [0.25, 0.3) is 44.5 Å². The summed E-state index contributed by atoms with van der Waals surface area (Å²) in [5.41, 5.74) is 17.0. The van der Waals surface area contributed by atoms with Gasteiger partial charge < -0.3 is 36.4 Å². The Bertz CT molecular complexity index is 2340. The number of amidine groups is 1. The fourth-order valence-electron chi connectivity index (χ4n) is 5.52. The third-order valence-electron chi connectivity index (χ3n) is 7.77. The number of hydrogen-bond acceptors (Lipinski definition) is 9. The third-order valence-corrected chi connectivity index (χ3v) is 8.62. The predicted molar refractivity (Wildman–Crippen MR) is 208 cm³/mol. The number of aromatic hydroxyl groups is 2. The molecular weight excluding hydrogens is 764 g/mol. The van der Waals surface area contributed by atoms with Crippen molar-refractivity contribution in [3.63, 3.8) is 0 Å². The molecule has 11 nitrogen and oxygen atoms in total. The van der Waals surface area contributed by atoms with E-state index < -0.39 is 5.91 Å². The molecule has 270 valence electrons. The lowest BCUT2D eigenvalue weighted by atomic mass is 9.90. The lowest BCUT2D eigenvalue weighted by Gasteiger charge is -2.18. The van der Waals surface area contributed by atoms with Crippen molar-refractivity contribution in [2.75, 3.05) is 14.2 Å². The molecule has 0 fully saturated rings.